The highest BCUT2D eigenvalue weighted by Gasteiger charge is 2.72. The Hall–Kier alpha value is -1.78. The number of hydrogen-bond donors (Lipinski definition) is 5. The maximum absolute atomic E-state index is 13.3. The van der Waals surface area contributed by atoms with Crippen LogP contribution in [0, 0.1) is 5.92 Å². The third-order valence-electron chi connectivity index (χ3n) is 6.11. The number of aliphatic hydroxyl groups is 2. The predicted octanol–water partition coefficient (Wildman–Crippen LogP) is -2.54. The molecule has 3 heterocycles. The molecule has 0 amide bonds. The van der Waals surface area contributed by atoms with Crippen LogP contribution >= 0.6 is 0 Å². The van der Waals surface area contributed by atoms with Crippen molar-refractivity contribution in [2.24, 2.45) is 5.92 Å². The lowest BCUT2D eigenvalue weighted by Crippen LogP contribution is -2.54. The van der Waals surface area contributed by atoms with Crippen molar-refractivity contribution >= 4 is 11.6 Å². The summed E-state index contributed by atoms with van der Waals surface area (Å²) in [4.78, 5) is 28.3. The van der Waals surface area contributed by atoms with E-state index < -0.39 is 11.6 Å². The van der Waals surface area contributed by atoms with Crippen molar-refractivity contribution in [3.8, 4) is 0 Å². The lowest BCUT2D eigenvalue weighted by Gasteiger charge is -2.39. The molecule has 9 heteroatoms. The molecular formula is C18H26N4O5. The smallest absolute Gasteiger partial charge is 0.208 e. The second-order valence-electron chi connectivity index (χ2n) is 7.37. The number of piperazine rings is 1. The van der Waals surface area contributed by atoms with E-state index in [0.29, 0.717) is 43.0 Å². The van der Waals surface area contributed by atoms with Crippen LogP contribution in [-0.4, -0.2) is 91.0 Å². The second kappa shape index (κ2) is 6.68. The summed E-state index contributed by atoms with van der Waals surface area (Å²) in [6.07, 6.45) is 0. The van der Waals surface area contributed by atoms with E-state index in [0.717, 1.165) is 0 Å². The first kappa shape index (κ1) is 18.6. The number of rotatable bonds is 8. The Morgan fingerprint density at radius 3 is 2.70 bits per heavy atom. The van der Waals surface area contributed by atoms with Crippen LogP contribution in [0.2, 0.25) is 0 Å². The Morgan fingerprint density at radius 1 is 1.26 bits per heavy atom. The van der Waals surface area contributed by atoms with Gasteiger partial charge in [-0.2, -0.15) is 0 Å². The molecule has 0 aromatic carbocycles. The first-order chi connectivity index (χ1) is 13.0. The minimum atomic E-state index is -0.881. The van der Waals surface area contributed by atoms with Gasteiger partial charge >= 0.3 is 0 Å². The highest BCUT2D eigenvalue weighted by molar-refractivity contribution is 6.25. The van der Waals surface area contributed by atoms with Crippen LogP contribution in [0.25, 0.3) is 0 Å². The zero-order valence-electron chi connectivity index (χ0n) is 15.5. The van der Waals surface area contributed by atoms with Gasteiger partial charge in [-0.3, -0.25) is 9.59 Å². The second-order valence-corrected chi connectivity index (χ2v) is 7.37. The van der Waals surface area contributed by atoms with Gasteiger partial charge in [0.1, 0.15) is 0 Å². The first-order valence-corrected chi connectivity index (χ1v) is 9.32. The lowest BCUT2D eigenvalue weighted by molar-refractivity contribution is -0.137. The predicted molar refractivity (Wildman–Crippen MR) is 95.4 cm³/mol. The Labute approximate surface area is 157 Å². The van der Waals surface area contributed by atoms with Crippen molar-refractivity contribution in [3.05, 3.63) is 22.5 Å². The zero-order valence-corrected chi connectivity index (χ0v) is 15.5. The van der Waals surface area contributed by atoms with Crippen molar-refractivity contribution < 1.29 is 24.5 Å². The van der Waals surface area contributed by atoms with Gasteiger partial charge in [-0.15, -0.1) is 0 Å². The monoisotopic (exact) mass is 378 g/mol. The SMILES string of the molecule is COC12C(CO)C3=C(C(=O)C(C)=C(NCCNCCO)C3=O)N1CC1NC12. The number of nitrogens with zero attached hydrogens (tertiary/aromatic N) is 1. The molecule has 0 bridgehead atoms. The molecule has 0 radical (unpaired) electrons. The summed E-state index contributed by atoms with van der Waals surface area (Å²) in [7, 11) is 1.57. The fourth-order valence-electron chi connectivity index (χ4n) is 4.84. The molecule has 4 aliphatic rings. The number of nitrogens with one attached hydrogen (secondary N) is 3. The summed E-state index contributed by atoms with van der Waals surface area (Å²) in [5, 5.41) is 28.3. The fraction of sp³-hybridized carbons (Fsp3) is 0.667. The highest BCUT2D eigenvalue weighted by Crippen LogP contribution is 2.55. The third-order valence-corrected chi connectivity index (χ3v) is 6.11. The Morgan fingerprint density at radius 2 is 2.04 bits per heavy atom. The molecule has 148 valence electrons. The molecule has 1 aliphatic carbocycles. The van der Waals surface area contributed by atoms with E-state index in [1.54, 1.807) is 14.0 Å². The summed E-state index contributed by atoms with van der Waals surface area (Å²) in [6.45, 7) is 3.49. The van der Waals surface area contributed by atoms with Gasteiger partial charge < -0.3 is 35.8 Å². The number of aliphatic hydroxyl groups excluding tert-OH is 2. The average Bonchev–Trinajstić information content (AvgIpc) is 3.27. The van der Waals surface area contributed by atoms with Crippen molar-refractivity contribution in [3.63, 3.8) is 0 Å². The number of allylic oxidation sites excluding steroid dienone is 2. The highest BCUT2D eigenvalue weighted by atomic mass is 16.5. The lowest BCUT2D eigenvalue weighted by atomic mass is 9.82. The zero-order chi connectivity index (χ0) is 19.3. The third kappa shape index (κ3) is 2.43. The minimum Gasteiger partial charge on any atom is -0.396 e. The summed E-state index contributed by atoms with van der Waals surface area (Å²) in [5.41, 5.74) is 0.534. The van der Waals surface area contributed by atoms with Crippen molar-refractivity contribution in [1.29, 1.82) is 0 Å². The van der Waals surface area contributed by atoms with Crippen LogP contribution in [0.5, 0.6) is 0 Å². The van der Waals surface area contributed by atoms with Crippen LogP contribution in [0.15, 0.2) is 22.5 Å². The number of ether oxygens (including phenoxy) is 1. The van der Waals surface area contributed by atoms with Crippen LogP contribution in [0.4, 0.5) is 0 Å². The number of methoxy groups -OCH3 is 1. The molecular weight excluding hydrogens is 352 g/mol. The molecule has 4 unspecified atom stereocenters. The topological polar surface area (TPSA) is 133 Å². The quantitative estimate of drug-likeness (QED) is 0.176. The molecule has 4 atom stereocenters. The van der Waals surface area contributed by atoms with Crippen LogP contribution < -0.4 is 16.0 Å². The van der Waals surface area contributed by atoms with Gasteiger partial charge in [0.05, 0.1) is 36.6 Å². The largest absolute Gasteiger partial charge is 0.396 e. The Bertz CT molecular complexity index is 748. The van der Waals surface area contributed by atoms with E-state index in [9.17, 15) is 14.7 Å². The standard InChI is InChI=1S/C18H26N4O5/c1-9-13(20-4-3-19-5-6-23)16(26)12-10(8-24)18(27-2)17-11(21-17)7-22(18)14(12)15(9)25/h10-11,17,19-21,23-24H,3-8H2,1-2H3. The number of hydrogen-bond acceptors (Lipinski definition) is 9. The van der Waals surface area contributed by atoms with Gasteiger partial charge in [-0.1, -0.05) is 0 Å². The minimum absolute atomic E-state index is 0.00486. The molecule has 2 saturated heterocycles. The van der Waals surface area contributed by atoms with E-state index >= 15 is 0 Å². The van der Waals surface area contributed by atoms with Crippen molar-refractivity contribution in [2.45, 2.75) is 24.7 Å². The Kier molecular flexibility index (Phi) is 4.59. The number of ketones is 2. The number of carbonyl (C=O) groups is 2. The fourth-order valence-corrected chi connectivity index (χ4v) is 4.84. The van der Waals surface area contributed by atoms with Gasteiger partial charge in [0.25, 0.3) is 0 Å². The van der Waals surface area contributed by atoms with Crippen molar-refractivity contribution in [2.75, 3.05) is 46.5 Å². The molecule has 9 nitrogen and oxygen atoms in total. The maximum atomic E-state index is 13.3. The molecule has 0 saturated carbocycles. The average molecular weight is 378 g/mol. The molecule has 0 aromatic rings. The molecule has 0 spiro atoms. The summed E-state index contributed by atoms with van der Waals surface area (Å²) < 4.78 is 5.85. The summed E-state index contributed by atoms with van der Waals surface area (Å²) in [6, 6.07) is 0.225. The maximum Gasteiger partial charge on any atom is 0.208 e. The summed E-state index contributed by atoms with van der Waals surface area (Å²) >= 11 is 0. The first-order valence-electron chi connectivity index (χ1n) is 9.32. The number of fused-ring (bicyclic) bond motifs is 4. The van der Waals surface area contributed by atoms with E-state index in [1.165, 1.54) is 0 Å². The van der Waals surface area contributed by atoms with Gasteiger partial charge in [-0.25, -0.2) is 0 Å². The van der Waals surface area contributed by atoms with E-state index in [2.05, 4.69) is 16.0 Å². The molecule has 0 aromatic heterocycles. The van der Waals surface area contributed by atoms with Gasteiger partial charge in [-0.05, 0) is 6.92 Å². The van der Waals surface area contributed by atoms with E-state index in [-0.39, 0.29) is 42.6 Å². The molecule has 3 aliphatic heterocycles. The Balaban J connectivity index is 1.62. The molecule has 27 heavy (non-hydrogen) atoms. The molecule has 4 rings (SSSR count). The molecule has 2 fully saturated rings. The summed E-state index contributed by atoms with van der Waals surface area (Å²) in [5.74, 6) is -1.00. The van der Waals surface area contributed by atoms with Crippen LogP contribution in [0.1, 0.15) is 6.92 Å². The van der Waals surface area contributed by atoms with Crippen LogP contribution in [0.3, 0.4) is 0 Å². The van der Waals surface area contributed by atoms with E-state index in [1.807, 2.05) is 4.90 Å². The van der Waals surface area contributed by atoms with Crippen molar-refractivity contribution in [1.82, 2.24) is 20.9 Å². The number of carbonyl (C=O) groups excluding carboxylic acids is 2. The normalized spacial score (nSPS) is 34.2. The van der Waals surface area contributed by atoms with Gasteiger partial charge in [0, 0.05) is 50.5 Å². The van der Waals surface area contributed by atoms with Gasteiger partial charge in [0.2, 0.25) is 11.6 Å². The molecule has 5 N–H and O–H groups in total. The van der Waals surface area contributed by atoms with E-state index in [4.69, 9.17) is 9.84 Å². The van der Waals surface area contributed by atoms with Crippen LogP contribution in [-0.2, 0) is 14.3 Å². The van der Waals surface area contributed by atoms with Gasteiger partial charge in [0.15, 0.2) is 5.72 Å². The number of Topliss-reactive ketones (excluding diaryl/α,β-unsaturated/α-hetero) is 2.